The maximum Gasteiger partial charge on any atom is 0.305 e. The Labute approximate surface area is 108 Å². The molecule has 5 heteroatoms. The Morgan fingerprint density at radius 3 is 2.22 bits per heavy atom. The summed E-state index contributed by atoms with van der Waals surface area (Å²) in [6.45, 7) is 5.98. The van der Waals surface area contributed by atoms with E-state index in [0.717, 1.165) is 19.3 Å². The summed E-state index contributed by atoms with van der Waals surface area (Å²) in [5.41, 5.74) is 5.35. The highest BCUT2D eigenvalue weighted by Crippen LogP contribution is 2.33. The van der Waals surface area contributed by atoms with Crippen LogP contribution in [0.2, 0.25) is 0 Å². The van der Waals surface area contributed by atoms with Gasteiger partial charge in [0.25, 0.3) is 0 Å². The fourth-order valence-corrected chi connectivity index (χ4v) is 2.25. The van der Waals surface area contributed by atoms with Gasteiger partial charge in [-0.3, -0.25) is 9.59 Å². The van der Waals surface area contributed by atoms with Gasteiger partial charge in [0.05, 0.1) is 6.42 Å². The Balaban J connectivity index is 2.64. The molecule has 1 aliphatic rings. The molecule has 0 aliphatic heterocycles. The molecule has 0 bridgehead atoms. The molecule has 0 heterocycles. The summed E-state index contributed by atoms with van der Waals surface area (Å²) in [4.78, 5) is 24.5. The number of carboxylic acids is 1. The lowest BCUT2D eigenvalue weighted by Crippen LogP contribution is -2.54. The highest BCUT2D eigenvalue weighted by atomic mass is 16.4. The van der Waals surface area contributed by atoms with E-state index in [2.05, 4.69) is 0 Å². The normalized spacial score (nSPS) is 18.0. The smallest absolute Gasteiger partial charge is 0.305 e. The second kappa shape index (κ2) is 5.26. The van der Waals surface area contributed by atoms with Crippen molar-refractivity contribution < 1.29 is 14.7 Å². The van der Waals surface area contributed by atoms with Gasteiger partial charge in [-0.1, -0.05) is 0 Å². The van der Waals surface area contributed by atoms with Gasteiger partial charge in [-0.2, -0.15) is 0 Å². The fraction of sp³-hybridized carbons (Fsp3) is 0.846. The number of carbonyl (C=O) groups is 2. The highest BCUT2D eigenvalue weighted by molar-refractivity contribution is 5.79. The zero-order chi connectivity index (χ0) is 14.0. The van der Waals surface area contributed by atoms with Crippen molar-refractivity contribution in [3.63, 3.8) is 0 Å². The maximum absolute atomic E-state index is 12.3. The van der Waals surface area contributed by atoms with Gasteiger partial charge in [-0.15, -0.1) is 0 Å². The van der Waals surface area contributed by atoms with E-state index >= 15 is 0 Å². The molecule has 1 rings (SSSR count). The van der Waals surface area contributed by atoms with Crippen LogP contribution in [-0.4, -0.2) is 39.5 Å². The summed E-state index contributed by atoms with van der Waals surface area (Å²) in [6, 6.07) is 0. The Kier molecular flexibility index (Phi) is 4.37. The lowest BCUT2D eigenvalue weighted by Gasteiger charge is -2.42. The molecule has 0 aromatic carbocycles. The molecule has 5 nitrogen and oxygen atoms in total. The van der Waals surface area contributed by atoms with E-state index < -0.39 is 5.97 Å². The Morgan fingerprint density at radius 2 is 1.89 bits per heavy atom. The minimum absolute atomic E-state index is 0.0272. The van der Waals surface area contributed by atoms with Gasteiger partial charge >= 0.3 is 5.97 Å². The van der Waals surface area contributed by atoms with Crippen LogP contribution in [0.15, 0.2) is 0 Å². The van der Waals surface area contributed by atoms with E-state index in [0.29, 0.717) is 6.42 Å². The molecule has 0 unspecified atom stereocenters. The number of carbonyl (C=O) groups excluding carboxylic acids is 1. The Hall–Kier alpha value is -1.10. The monoisotopic (exact) mass is 256 g/mol. The fourth-order valence-electron chi connectivity index (χ4n) is 2.25. The lowest BCUT2D eigenvalue weighted by atomic mass is 9.75. The quantitative estimate of drug-likeness (QED) is 0.778. The summed E-state index contributed by atoms with van der Waals surface area (Å²) in [5.74, 6) is -0.922. The van der Waals surface area contributed by atoms with Crippen molar-refractivity contribution in [3.8, 4) is 0 Å². The molecule has 3 N–H and O–H groups in total. The lowest BCUT2D eigenvalue weighted by molar-refractivity contribution is -0.141. The van der Waals surface area contributed by atoms with Crippen LogP contribution in [0.25, 0.3) is 0 Å². The molecule has 0 atom stereocenters. The van der Waals surface area contributed by atoms with E-state index in [9.17, 15) is 9.59 Å². The second-order valence-electron chi connectivity index (χ2n) is 6.25. The van der Waals surface area contributed by atoms with E-state index in [-0.39, 0.29) is 30.0 Å². The van der Waals surface area contributed by atoms with Crippen molar-refractivity contribution >= 4 is 11.9 Å². The van der Waals surface area contributed by atoms with Gasteiger partial charge in [0.15, 0.2) is 0 Å². The first kappa shape index (κ1) is 15.0. The molecule has 0 spiro atoms. The van der Waals surface area contributed by atoms with Crippen molar-refractivity contribution in [1.29, 1.82) is 0 Å². The first-order valence-electron chi connectivity index (χ1n) is 6.45. The number of hydrogen-bond donors (Lipinski definition) is 2. The molecule has 1 amide bonds. The average Bonchev–Trinajstić information content (AvgIpc) is 2.12. The van der Waals surface area contributed by atoms with Crippen molar-refractivity contribution in [3.05, 3.63) is 0 Å². The SMILES string of the molecule is CC(C)(C)N(CCC(=O)O)C(=O)CC1(N)CCC1. The van der Waals surface area contributed by atoms with Crippen LogP contribution in [0.1, 0.15) is 52.9 Å². The molecular weight excluding hydrogens is 232 g/mol. The first-order valence-corrected chi connectivity index (χ1v) is 6.45. The van der Waals surface area contributed by atoms with Crippen molar-refractivity contribution in [2.24, 2.45) is 5.73 Å². The number of rotatable bonds is 5. The number of hydrogen-bond acceptors (Lipinski definition) is 3. The van der Waals surface area contributed by atoms with Crippen LogP contribution in [0.4, 0.5) is 0 Å². The van der Waals surface area contributed by atoms with Crippen molar-refractivity contribution in [2.75, 3.05) is 6.54 Å². The topological polar surface area (TPSA) is 83.6 Å². The zero-order valence-corrected chi connectivity index (χ0v) is 11.5. The molecule has 0 aromatic heterocycles. The van der Waals surface area contributed by atoms with Gasteiger partial charge in [-0.05, 0) is 40.0 Å². The Bertz CT molecular complexity index is 330. The summed E-state index contributed by atoms with van der Waals surface area (Å²) >= 11 is 0. The van der Waals surface area contributed by atoms with Gasteiger partial charge in [0.2, 0.25) is 5.91 Å². The Morgan fingerprint density at radius 1 is 1.33 bits per heavy atom. The molecule has 18 heavy (non-hydrogen) atoms. The molecule has 1 saturated carbocycles. The molecular formula is C13H24N2O3. The highest BCUT2D eigenvalue weighted by Gasteiger charge is 2.38. The third-order valence-corrected chi connectivity index (χ3v) is 3.51. The van der Waals surface area contributed by atoms with Crippen molar-refractivity contribution in [1.82, 2.24) is 4.90 Å². The van der Waals surface area contributed by atoms with Crippen LogP contribution in [-0.2, 0) is 9.59 Å². The molecule has 0 radical (unpaired) electrons. The molecule has 1 fully saturated rings. The summed E-state index contributed by atoms with van der Waals surface area (Å²) in [6.07, 6.45) is 3.14. The van der Waals surface area contributed by atoms with Crippen LogP contribution >= 0.6 is 0 Å². The third-order valence-electron chi connectivity index (χ3n) is 3.51. The maximum atomic E-state index is 12.3. The van der Waals surface area contributed by atoms with Gasteiger partial charge in [0, 0.05) is 24.0 Å². The van der Waals surface area contributed by atoms with Crippen LogP contribution in [0.3, 0.4) is 0 Å². The zero-order valence-electron chi connectivity index (χ0n) is 11.5. The number of aliphatic carboxylic acids is 1. The number of nitrogens with two attached hydrogens (primary N) is 1. The van der Waals surface area contributed by atoms with Crippen LogP contribution in [0, 0.1) is 0 Å². The van der Waals surface area contributed by atoms with Gasteiger partial charge in [0.1, 0.15) is 0 Å². The van der Waals surface area contributed by atoms with Gasteiger partial charge in [-0.25, -0.2) is 0 Å². The average molecular weight is 256 g/mol. The molecule has 0 aromatic rings. The van der Waals surface area contributed by atoms with Crippen molar-refractivity contribution in [2.45, 2.75) is 64.0 Å². The largest absolute Gasteiger partial charge is 0.481 e. The second-order valence-corrected chi connectivity index (χ2v) is 6.25. The molecule has 104 valence electrons. The van der Waals surface area contributed by atoms with Crippen LogP contribution < -0.4 is 5.73 Å². The number of amides is 1. The van der Waals surface area contributed by atoms with E-state index in [1.807, 2.05) is 20.8 Å². The van der Waals surface area contributed by atoms with E-state index in [4.69, 9.17) is 10.8 Å². The minimum atomic E-state index is -0.886. The standard InChI is InChI=1S/C13H24N2O3/c1-12(2,3)15(8-5-11(17)18)10(16)9-13(14)6-4-7-13/h4-9,14H2,1-3H3,(H,17,18). The summed E-state index contributed by atoms with van der Waals surface area (Å²) < 4.78 is 0. The predicted octanol–water partition coefficient (Wildman–Crippen LogP) is 1.36. The first-order chi connectivity index (χ1) is 8.14. The number of carboxylic acid groups (broad SMARTS) is 1. The molecule has 1 aliphatic carbocycles. The molecule has 0 saturated heterocycles. The van der Waals surface area contributed by atoms with E-state index in [1.165, 1.54) is 0 Å². The number of nitrogens with zero attached hydrogens (tertiary/aromatic N) is 1. The minimum Gasteiger partial charge on any atom is -0.481 e. The third kappa shape index (κ3) is 3.98. The summed E-state index contributed by atoms with van der Waals surface area (Å²) in [5, 5.41) is 8.74. The predicted molar refractivity (Wildman–Crippen MR) is 69.1 cm³/mol. The van der Waals surface area contributed by atoms with E-state index in [1.54, 1.807) is 4.90 Å². The van der Waals surface area contributed by atoms with Gasteiger partial charge < -0.3 is 15.7 Å². The summed E-state index contributed by atoms with van der Waals surface area (Å²) in [7, 11) is 0. The van der Waals surface area contributed by atoms with Crippen LogP contribution in [0.5, 0.6) is 0 Å².